The van der Waals surface area contributed by atoms with Crippen LogP contribution in [0.25, 0.3) is 31.2 Å². The van der Waals surface area contributed by atoms with Crippen LogP contribution in [0.5, 0.6) is 11.6 Å². The van der Waals surface area contributed by atoms with Crippen molar-refractivity contribution in [3.63, 3.8) is 0 Å². The molecule has 6 heteroatoms. The van der Waals surface area contributed by atoms with Gasteiger partial charge in [0.1, 0.15) is 12.1 Å². The minimum Gasteiger partial charge on any atom is -0.438 e. The van der Waals surface area contributed by atoms with Crippen LogP contribution in [0, 0.1) is 6.92 Å². The number of thiophene rings is 1. The smallest absolute Gasteiger partial charge is 0.230 e. The molecule has 3 aromatic heterocycles. The Balaban J connectivity index is 1.74. The highest BCUT2D eigenvalue weighted by atomic mass is 32.1. The van der Waals surface area contributed by atoms with Crippen molar-refractivity contribution in [3.05, 3.63) is 53.1 Å². The lowest BCUT2D eigenvalue weighted by Gasteiger charge is -2.08. The van der Waals surface area contributed by atoms with Gasteiger partial charge in [-0.1, -0.05) is 12.1 Å². The number of rotatable bonds is 2. The first-order chi connectivity index (χ1) is 11.8. The standard InChI is InChI=1S/C18H11N3OS2/c1-10-21-16-15(24-10)8-14(12-6-7-23-17(12)16)22-18-11-4-2-3-5-13(11)19-9-20-18/h2-9H,1H3. The first kappa shape index (κ1) is 13.8. The van der Waals surface area contributed by atoms with Gasteiger partial charge in [-0.15, -0.1) is 22.7 Å². The van der Waals surface area contributed by atoms with Gasteiger partial charge >= 0.3 is 0 Å². The average molecular weight is 349 g/mol. The van der Waals surface area contributed by atoms with Crippen LogP contribution >= 0.6 is 22.7 Å². The van der Waals surface area contributed by atoms with Gasteiger partial charge in [0.2, 0.25) is 5.88 Å². The van der Waals surface area contributed by atoms with Gasteiger partial charge in [0.25, 0.3) is 0 Å². The zero-order valence-electron chi connectivity index (χ0n) is 12.7. The summed E-state index contributed by atoms with van der Waals surface area (Å²) in [7, 11) is 0. The minimum atomic E-state index is 0.577. The monoisotopic (exact) mass is 349 g/mol. The first-order valence-electron chi connectivity index (χ1n) is 7.44. The predicted molar refractivity (Wildman–Crippen MR) is 99.4 cm³/mol. The minimum absolute atomic E-state index is 0.577. The molecule has 0 saturated carbocycles. The summed E-state index contributed by atoms with van der Waals surface area (Å²) in [4.78, 5) is 13.3. The van der Waals surface area contributed by atoms with E-state index in [2.05, 4.69) is 32.5 Å². The van der Waals surface area contributed by atoms with Crippen LogP contribution in [-0.4, -0.2) is 15.0 Å². The van der Waals surface area contributed by atoms with Gasteiger partial charge < -0.3 is 4.74 Å². The number of nitrogens with zero attached hydrogens (tertiary/aromatic N) is 3. The van der Waals surface area contributed by atoms with Crippen molar-refractivity contribution in [1.29, 1.82) is 0 Å². The second-order valence-electron chi connectivity index (χ2n) is 5.42. The van der Waals surface area contributed by atoms with Gasteiger partial charge in [-0.05, 0) is 30.5 Å². The topological polar surface area (TPSA) is 47.9 Å². The normalized spacial score (nSPS) is 11.5. The van der Waals surface area contributed by atoms with Gasteiger partial charge in [0.05, 0.1) is 30.8 Å². The molecule has 0 bridgehead atoms. The Morgan fingerprint density at radius 2 is 1.96 bits per heavy atom. The van der Waals surface area contributed by atoms with E-state index in [9.17, 15) is 0 Å². The molecular formula is C18H11N3OS2. The molecule has 0 N–H and O–H groups in total. The van der Waals surface area contributed by atoms with Crippen molar-refractivity contribution in [2.45, 2.75) is 6.92 Å². The quantitative estimate of drug-likeness (QED) is 0.419. The molecule has 0 aliphatic heterocycles. The average Bonchev–Trinajstić information content (AvgIpc) is 3.21. The third kappa shape index (κ3) is 2.07. The molecule has 3 heterocycles. The Labute approximate surface area is 145 Å². The van der Waals surface area contributed by atoms with Crippen molar-refractivity contribution in [2.24, 2.45) is 0 Å². The number of fused-ring (bicyclic) bond motifs is 4. The van der Waals surface area contributed by atoms with Crippen molar-refractivity contribution >= 4 is 53.9 Å². The van der Waals surface area contributed by atoms with E-state index in [-0.39, 0.29) is 0 Å². The maximum absolute atomic E-state index is 6.22. The Morgan fingerprint density at radius 3 is 2.92 bits per heavy atom. The summed E-state index contributed by atoms with van der Waals surface area (Å²) in [5, 5.41) is 5.11. The van der Waals surface area contributed by atoms with Gasteiger partial charge in [0, 0.05) is 11.5 Å². The first-order valence-corrected chi connectivity index (χ1v) is 9.14. The highest BCUT2D eigenvalue weighted by Gasteiger charge is 2.14. The lowest BCUT2D eigenvalue weighted by Crippen LogP contribution is -1.91. The number of benzene rings is 2. The number of aryl methyl sites for hydroxylation is 1. The summed E-state index contributed by atoms with van der Waals surface area (Å²) in [6.07, 6.45) is 1.54. The number of aromatic nitrogens is 3. The summed E-state index contributed by atoms with van der Waals surface area (Å²) < 4.78 is 8.51. The number of ether oxygens (including phenoxy) is 1. The molecule has 0 aliphatic rings. The fraction of sp³-hybridized carbons (Fsp3) is 0.0556. The molecule has 4 nitrogen and oxygen atoms in total. The van der Waals surface area contributed by atoms with Crippen molar-refractivity contribution in [1.82, 2.24) is 15.0 Å². The molecule has 0 spiro atoms. The maximum atomic E-state index is 6.22. The maximum Gasteiger partial charge on any atom is 0.230 e. The fourth-order valence-electron chi connectivity index (χ4n) is 2.84. The molecule has 0 aliphatic carbocycles. The van der Waals surface area contributed by atoms with E-state index in [0.29, 0.717) is 5.88 Å². The lowest BCUT2D eigenvalue weighted by molar-refractivity contribution is 0.474. The molecule has 0 fully saturated rings. The van der Waals surface area contributed by atoms with Crippen molar-refractivity contribution < 1.29 is 4.74 Å². The zero-order chi connectivity index (χ0) is 16.1. The van der Waals surface area contributed by atoms with Crippen LogP contribution in [-0.2, 0) is 0 Å². The van der Waals surface area contributed by atoms with Crippen LogP contribution in [0.1, 0.15) is 5.01 Å². The van der Waals surface area contributed by atoms with Crippen LogP contribution in [0.2, 0.25) is 0 Å². The van der Waals surface area contributed by atoms with Crippen molar-refractivity contribution in [3.8, 4) is 11.6 Å². The molecule has 5 aromatic rings. The van der Waals surface area contributed by atoms with Gasteiger partial charge in [-0.2, -0.15) is 0 Å². The fourth-order valence-corrected chi connectivity index (χ4v) is 4.67. The van der Waals surface area contributed by atoms with Crippen LogP contribution in [0.15, 0.2) is 48.1 Å². The Kier molecular flexibility index (Phi) is 3.01. The molecular weight excluding hydrogens is 338 g/mol. The van der Waals surface area contributed by atoms with E-state index >= 15 is 0 Å². The molecule has 0 unspecified atom stereocenters. The Morgan fingerprint density at radius 1 is 1.04 bits per heavy atom. The Bertz CT molecular complexity index is 1200. The molecule has 0 amide bonds. The van der Waals surface area contributed by atoms with E-state index in [1.807, 2.05) is 31.2 Å². The molecule has 116 valence electrons. The molecule has 24 heavy (non-hydrogen) atoms. The summed E-state index contributed by atoms with van der Waals surface area (Å²) in [6, 6.07) is 12.0. The zero-order valence-corrected chi connectivity index (χ0v) is 14.3. The lowest BCUT2D eigenvalue weighted by atomic mass is 10.2. The number of hydrogen-bond donors (Lipinski definition) is 0. The summed E-state index contributed by atoms with van der Waals surface area (Å²) in [5.41, 5.74) is 1.93. The Hall–Kier alpha value is -2.57. The number of thiazole rings is 1. The van der Waals surface area contributed by atoms with Crippen LogP contribution < -0.4 is 4.74 Å². The molecule has 0 saturated heterocycles. The number of hydrogen-bond acceptors (Lipinski definition) is 6. The van der Waals surface area contributed by atoms with E-state index in [1.165, 1.54) is 6.33 Å². The summed E-state index contributed by atoms with van der Waals surface area (Å²) >= 11 is 3.37. The van der Waals surface area contributed by atoms with E-state index in [4.69, 9.17) is 4.74 Å². The second-order valence-corrected chi connectivity index (χ2v) is 7.57. The third-order valence-corrected chi connectivity index (χ3v) is 5.72. The van der Waals surface area contributed by atoms with Gasteiger partial charge in [0.15, 0.2) is 0 Å². The van der Waals surface area contributed by atoms with E-state index in [1.54, 1.807) is 22.7 Å². The van der Waals surface area contributed by atoms with Gasteiger partial charge in [-0.3, -0.25) is 0 Å². The molecule has 0 radical (unpaired) electrons. The highest BCUT2D eigenvalue weighted by Crippen LogP contribution is 2.40. The SMILES string of the molecule is Cc1nc2c(cc(Oc3ncnc4ccccc34)c3ccsc32)s1. The summed E-state index contributed by atoms with van der Waals surface area (Å²) in [5.74, 6) is 1.39. The predicted octanol–water partition coefficient (Wildman–Crippen LogP) is 5.55. The largest absolute Gasteiger partial charge is 0.438 e. The van der Waals surface area contributed by atoms with Gasteiger partial charge in [-0.25, -0.2) is 15.0 Å². The summed E-state index contributed by atoms with van der Waals surface area (Å²) in [6.45, 7) is 2.03. The number of para-hydroxylation sites is 1. The molecule has 5 rings (SSSR count). The van der Waals surface area contributed by atoms with Crippen LogP contribution in [0.3, 0.4) is 0 Å². The highest BCUT2D eigenvalue weighted by molar-refractivity contribution is 7.21. The van der Waals surface area contributed by atoms with Crippen LogP contribution in [0.4, 0.5) is 0 Å². The van der Waals surface area contributed by atoms with Crippen molar-refractivity contribution in [2.75, 3.05) is 0 Å². The molecule has 0 atom stereocenters. The third-order valence-electron chi connectivity index (χ3n) is 3.88. The van der Waals surface area contributed by atoms with E-state index in [0.717, 1.165) is 42.0 Å². The van der Waals surface area contributed by atoms with E-state index < -0.39 is 0 Å². The molecule has 2 aromatic carbocycles. The second kappa shape index (κ2) is 5.22.